The second kappa shape index (κ2) is 12.1. The van der Waals surface area contributed by atoms with E-state index >= 15 is 0 Å². The first-order chi connectivity index (χ1) is 17.1. The first kappa shape index (κ1) is 24.4. The highest BCUT2D eigenvalue weighted by atomic mass is 32.1. The van der Waals surface area contributed by atoms with E-state index in [4.69, 9.17) is 4.74 Å². The summed E-state index contributed by atoms with van der Waals surface area (Å²) in [7, 11) is 0. The summed E-state index contributed by atoms with van der Waals surface area (Å²) < 4.78 is 5.40. The Kier molecular flexibility index (Phi) is 8.45. The minimum Gasteiger partial charge on any atom is -0.445 e. The van der Waals surface area contributed by atoms with Gasteiger partial charge in [-0.1, -0.05) is 60.7 Å². The molecule has 35 heavy (non-hydrogen) atoms. The van der Waals surface area contributed by atoms with E-state index in [0.717, 1.165) is 24.0 Å². The van der Waals surface area contributed by atoms with Crippen molar-refractivity contribution in [2.24, 2.45) is 0 Å². The van der Waals surface area contributed by atoms with E-state index in [1.165, 1.54) is 16.2 Å². The number of carbonyl (C=O) groups excluding carboxylic acids is 3. The van der Waals surface area contributed by atoms with Crippen molar-refractivity contribution < 1.29 is 19.1 Å². The lowest BCUT2D eigenvalue weighted by Gasteiger charge is -2.22. The molecule has 0 aliphatic carbocycles. The largest absolute Gasteiger partial charge is 0.445 e. The van der Waals surface area contributed by atoms with Crippen molar-refractivity contribution in [2.45, 2.75) is 38.3 Å². The second-order valence-corrected chi connectivity index (χ2v) is 9.15. The van der Waals surface area contributed by atoms with Crippen LogP contribution in [0.5, 0.6) is 0 Å². The number of anilines is 1. The number of aromatic nitrogens is 1. The maximum Gasteiger partial charge on any atom is 0.410 e. The normalized spacial score (nSPS) is 15.0. The quantitative estimate of drug-likeness (QED) is 0.473. The molecule has 9 heteroatoms. The zero-order chi connectivity index (χ0) is 24.5. The minimum absolute atomic E-state index is 0.118. The van der Waals surface area contributed by atoms with Crippen molar-refractivity contribution in [3.8, 4) is 0 Å². The second-order valence-electron chi connectivity index (χ2n) is 8.29. The highest BCUT2D eigenvalue weighted by molar-refractivity contribution is 7.13. The smallest absolute Gasteiger partial charge is 0.410 e. The van der Waals surface area contributed by atoms with Gasteiger partial charge in [-0.25, -0.2) is 9.78 Å². The maximum absolute atomic E-state index is 12.8. The Labute approximate surface area is 208 Å². The van der Waals surface area contributed by atoms with Gasteiger partial charge in [-0.3, -0.25) is 14.5 Å². The van der Waals surface area contributed by atoms with Crippen LogP contribution in [0.15, 0.2) is 66.0 Å². The molecule has 4 rings (SSSR count). The number of rotatable bonds is 9. The van der Waals surface area contributed by atoms with Gasteiger partial charge in [-0.15, -0.1) is 11.3 Å². The van der Waals surface area contributed by atoms with Crippen molar-refractivity contribution in [3.05, 3.63) is 82.9 Å². The topological polar surface area (TPSA) is 101 Å². The van der Waals surface area contributed by atoms with Crippen LogP contribution in [0, 0.1) is 0 Å². The number of amides is 3. The van der Waals surface area contributed by atoms with Gasteiger partial charge in [0.2, 0.25) is 11.8 Å². The standard InChI is InChI=1S/C26H28N4O4S/c31-23(27-14-13-19-8-3-1-4-9-19)16-21-18-35-25(28-21)29-24(32)22-12-7-15-30(22)26(33)34-17-20-10-5-2-6-11-20/h1-6,8-11,18,22H,7,12-17H2,(H,27,31)(H,28,29,32)/t22-/m0/s1. The summed E-state index contributed by atoms with van der Waals surface area (Å²) in [4.78, 5) is 43.5. The van der Waals surface area contributed by atoms with E-state index in [9.17, 15) is 14.4 Å². The van der Waals surface area contributed by atoms with Crippen LogP contribution in [0.1, 0.15) is 29.7 Å². The molecule has 0 bridgehead atoms. The molecular formula is C26H28N4O4S. The third-order valence-electron chi connectivity index (χ3n) is 5.70. The van der Waals surface area contributed by atoms with Crippen LogP contribution in [0.2, 0.25) is 0 Å². The van der Waals surface area contributed by atoms with Crippen LogP contribution in [0.4, 0.5) is 9.93 Å². The number of benzene rings is 2. The molecular weight excluding hydrogens is 464 g/mol. The zero-order valence-corrected chi connectivity index (χ0v) is 20.1. The van der Waals surface area contributed by atoms with Crippen LogP contribution >= 0.6 is 11.3 Å². The number of nitrogens with one attached hydrogen (secondary N) is 2. The Balaban J connectivity index is 1.23. The summed E-state index contributed by atoms with van der Waals surface area (Å²) in [6, 6.07) is 18.8. The monoisotopic (exact) mass is 492 g/mol. The highest BCUT2D eigenvalue weighted by Crippen LogP contribution is 2.22. The Bertz CT molecular complexity index is 1140. The fraction of sp³-hybridized carbons (Fsp3) is 0.308. The minimum atomic E-state index is -0.605. The Hall–Kier alpha value is -3.72. The molecule has 0 unspecified atom stereocenters. The zero-order valence-electron chi connectivity index (χ0n) is 19.3. The van der Waals surface area contributed by atoms with Gasteiger partial charge in [-0.05, 0) is 30.4 Å². The number of hydrogen-bond donors (Lipinski definition) is 2. The van der Waals surface area contributed by atoms with Crippen molar-refractivity contribution in [3.63, 3.8) is 0 Å². The molecule has 3 aromatic rings. The lowest BCUT2D eigenvalue weighted by molar-refractivity contribution is -0.120. The molecule has 1 fully saturated rings. The van der Waals surface area contributed by atoms with Gasteiger partial charge >= 0.3 is 6.09 Å². The average Bonchev–Trinajstić information content (AvgIpc) is 3.54. The summed E-state index contributed by atoms with van der Waals surface area (Å²) in [5.41, 5.74) is 2.64. The lowest BCUT2D eigenvalue weighted by Crippen LogP contribution is -2.43. The van der Waals surface area contributed by atoms with E-state index in [1.807, 2.05) is 60.7 Å². The van der Waals surface area contributed by atoms with Crippen molar-refractivity contribution in [2.75, 3.05) is 18.4 Å². The number of nitrogens with zero attached hydrogens (tertiary/aromatic N) is 2. The van der Waals surface area contributed by atoms with Crippen molar-refractivity contribution in [1.82, 2.24) is 15.2 Å². The molecule has 1 saturated heterocycles. The molecule has 0 saturated carbocycles. The molecule has 2 aromatic carbocycles. The van der Waals surface area contributed by atoms with Crippen molar-refractivity contribution in [1.29, 1.82) is 0 Å². The number of thiazole rings is 1. The van der Waals surface area contributed by atoms with E-state index in [0.29, 0.717) is 30.3 Å². The Morgan fingerprint density at radius 1 is 1.03 bits per heavy atom. The fourth-order valence-corrected chi connectivity index (χ4v) is 4.63. The molecule has 8 nitrogen and oxygen atoms in total. The van der Waals surface area contributed by atoms with Gasteiger partial charge in [-0.2, -0.15) is 0 Å². The Morgan fingerprint density at radius 2 is 1.74 bits per heavy atom. The van der Waals surface area contributed by atoms with Crippen LogP contribution < -0.4 is 10.6 Å². The van der Waals surface area contributed by atoms with E-state index in [2.05, 4.69) is 15.6 Å². The van der Waals surface area contributed by atoms with Crippen LogP contribution in [0.25, 0.3) is 0 Å². The molecule has 182 valence electrons. The predicted molar refractivity (Wildman–Crippen MR) is 134 cm³/mol. The van der Waals surface area contributed by atoms with Crippen molar-refractivity contribution >= 4 is 34.4 Å². The molecule has 1 atom stereocenters. The van der Waals surface area contributed by atoms with Gasteiger partial charge < -0.3 is 15.4 Å². The molecule has 0 spiro atoms. The predicted octanol–water partition coefficient (Wildman–Crippen LogP) is 3.78. The molecule has 1 aromatic heterocycles. The average molecular weight is 493 g/mol. The van der Waals surface area contributed by atoms with E-state index in [1.54, 1.807) is 5.38 Å². The summed E-state index contributed by atoms with van der Waals surface area (Å²) >= 11 is 1.26. The van der Waals surface area contributed by atoms with Crippen LogP contribution in [0.3, 0.4) is 0 Å². The molecule has 0 radical (unpaired) electrons. The third kappa shape index (κ3) is 7.13. The molecule has 1 aliphatic heterocycles. The Morgan fingerprint density at radius 3 is 2.49 bits per heavy atom. The van der Waals surface area contributed by atoms with Crippen LogP contribution in [-0.4, -0.2) is 46.9 Å². The number of ether oxygens (including phenoxy) is 1. The summed E-state index contributed by atoms with van der Waals surface area (Å²) in [5.74, 6) is -0.417. The number of carbonyl (C=O) groups is 3. The third-order valence-corrected chi connectivity index (χ3v) is 6.50. The highest BCUT2D eigenvalue weighted by Gasteiger charge is 2.35. The van der Waals surface area contributed by atoms with E-state index in [-0.39, 0.29) is 24.8 Å². The first-order valence-electron chi connectivity index (χ1n) is 11.6. The summed E-state index contributed by atoms with van der Waals surface area (Å²) in [6.45, 7) is 1.18. The van der Waals surface area contributed by atoms with Gasteiger partial charge in [0, 0.05) is 18.5 Å². The lowest BCUT2D eigenvalue weighted by atomic mass is 10.1. The van der Waals surface area contributed by atoms with Crippen LogP contribution in [-0.2, 0) is 33.8 Å². The molecule has 2 heterocycles. The maximum atomic E-state index is 12.8. The summed E-state index contributed by atoms with van der Waals surface area (Å²) in [6.07, 6.45) is 1.69. The summed E-state index contributed by atoms with van der Waals surface area (Å²) in [5, 5.41) is 7.85. The van der Waals surface area contributed by atoms with Gasteiger partial charge in [0.15, 0.2) is 5.13 Å². The fourth-order valence-electron chi connectivity index (χ4n) is 3.91. The van der Waals surface area contributed by atoms with Gasteiger partial charge in [0.05, 0.1) is 12.1 Å². The van der Waals surface area contributed by atoms with Gasteiger partial charge in [0.25, 0.3) is 0 Å². The number of hydrogen-bond acceptors (Lipinski definition) is 6. The molecule has 1 aliphatic rings. The van der Waals surface area contributed by atoms with Gasteiger partial charge in [0.1, 0.15) is 12.6 Å². The molecule has 2 N–H and O–H groups in total. The first-order valence-corrected chi connectivity index (χ1v) is 12.5. The number of likely N-dealkylation sites (tertiary alicyclic amines) is 1. The molecule has 3 amide bonds. The SMILES string of the molecule is O=C(Cc1csc(NC(=O)[C@@H]2CCCN2C(=O)OCc2ccccc2)n1)NCCc1ccccc1. The van der Waals surface area contributed by atoms with E-state index < -0.39 is 12.1 Å².